The summed E-state index contributed by atoms with van der Waals surface area (Å²) in [4.78, 5) is 14.7. The van der Waals surface area contributed by atoms with Gasteiger partial charge in [-0.1, -0.05) is 12.1 Å². The molecular weight excluding hydrogens is 319 g/mol. The summed E-state index contributed by atoms with van der Waals surface area (Å²) in [7, 11) is 0. The Balaban J connectivity index is 0.00000192. The molecule has 128 valence electrons. The fourth-order valence-electron chi connectivity index (χ4n) is 3.47. The predicted octanol–water partition coefficient (Wildman–Crippen LogP) is 2.81. The largest absolute Gasteiger partial charge is 0.364 e. The van der Waals surface area contributed by atoms with Gasteiger partial charge in [0.1, 0.15) is 11.9 Å². The summed E-state index contributed by atoms with van der Waals surface area (Å²) in [6, 6.07) is 6.52. The van der Waals surface area contributed by atoms with E-state index < -0.39 is 0 Å². The molecule has 1 aromatic carbocycles. The van der Waals surface area contributed by atoms with Crippen LogP contribution in [0.15, 0.2) is 24.3 Å². The minimum Gasteiger partial charge on any atom is -0.364 e. The molecule has 3 rings (SSSR count). The molecule has 6 heteroatoms. The van der Waals surface area contributed by atoms with Gasteiger partial charge in [0.25, 0.3) is 5.91 Å². The summed E-state index contributed by atoms with van der Waals surface area (Å²) in [5.41, 5.74) is 6.62. The lowest BCUT2D eigenvalue weighted by atomic mass is 9.94. The van der Waals surface area contributed by atoms with Gasteiger partial charge in [-0.15, -0.1) is 12.4 Å². The van der Waals surface area contributed by atoms with Crippen molar-refractivity contribution in [2.24, 2.45) is 5.73 Å². The summed E-state index contributed by atoms with van der Waals surface area (Å²) < 4.78 is 18.9. The zero-order valence-corrected chi connectivity index (χ0v) is 13.9. The van der Waals surface area contributed by atoms with Crippen molar-refractivity contribution < 1.29 is 13.9 Å². The summed E-state index contributed by atoms with van der Waals surface area (Å²) >= 11 is 0. The Kier molecular flexibility index (Phi) is 6.39. The number of likely N-dealkylation sites (tertiary alicyclic amines) is 1. The summed E-state index contributed by atoms with van der Waals surface area (Å²) in [6.45, 7) is 1.21. The number of halogens is 2. The highest BCUT2D eigenvalue weighted by Gasteiger charge is 2.36. The number of amides is 1. The highest BCUT2D eigenvalue weighted by atomic mass is 35.5. The molecule has 23 heavy (non-hydrogen) atoms. The fraction of sp³-hybridized carbons (Fsp3) is 0.588. The Morgan fingerprint density at radius 3 is 2.61 bits per heavy atom. The Morgan fingerprint density at radius 2 is 1.96 bits per heavy atom. The van der Waals surface area contributed by atoms with Crippen molar-refractivity contribution in [3.8, 4) is 0 Å². The topological polar surface area (TPSA) is 55.6 Å². The van der Waals surface area contributed by atoms with Gasteiger partial charge in [0.15, 0.2) is 0 Å². The second-order valence-corrected chi connectivity index (χ2v) is 6.15. The van der Waals surface area contributed by atoms with Crippen LogP contribution in [0, 0.1) is 5.82 Å². The van der Waals surface area contributed by atoms with E-state index in [0.717, 1.165) is 44.2 Å². The van der Waals surface area contributed by atoms with Gasteiger partial charge in [-0.05, 0) is 49.8 Å². The maximum Gasteiger partial charge on any atom is 0.252 e. The first-order valence-corrected chi connectivity index (χ1v) is 8.10. The van der Waals surface area contributed by atoms with Gasteiger partial charge >= 0.3 is 0 Å². The normalized spacial score (nSPS) is 27.6. The quantitative estimate of drug-likeness (QED) is 0.919. The first kappa shape index (κ1) is 18.2. The van der Waals surface area contributed by atoms with Crippen LogP contribution >= 0.6 is 12.4 Å². The molecule has 2 fully saturated rings. The number of rotatable bonds is 3. The summed E-state index contributed by atoms with van der Waals surface area (Å²) in [5.74, 6) is -0.188. The van der Waals surface area contributed by atoms with E-state index in [9.17, 15) is 9.18 Å². The van der Waals surface area contributed by atoms with Crippen LogP contribution in [0.25, 0.3) is 0 Å². The molecule has 1 amide bonds. The van der Waals surface area contributed by atoms with Crippen LogP contribution in [0.5, 0.6) is 0 Å². The van der Waals surface area contributed by atoms with Crippen molar-refractivity contribution in [3.05, 3.63) is 35.6 Å². The second kappa shape index (κ2) is 8.08. The van der Waals surface area contributed by atoms with E-state index in [0.29, 0.717) is 6.54 Å². The molecule has 3 atom stereocenters. The van der Waals surface area contributed by atoms with Crippen molar-refractivity contribution in [1.82, 2.24) is 4.90 Å². The van der Waals surface area contributed by atoms with Crippen LogP contribution in [0.1, 0.15) is 43.7 Å². The Bertz CT molecular complexity index is 526. The molecule has 1 unspecified atom stereocenters. The van der Waals surface area contributed by atoms with Gasteiger partial charge in [0.2, 0.25) is 0 Å². The maximum atomic E-state index is 13.1. The second-order valence-electron chi connectivity index (χ2n) is 6.15. The van der Waals surface area contributed by atoms with Gasteiger partial charge in [-0.3, -0.25) is 4.79 Å². The van der Waals surface area contributed by atoms with E-state index in [2.05, 4.69) is 0 Å². The molecule has 2 N–H and O–H groups in total. The van der Waals surface area contributed by atoms with Gasteiger partial charge in [0.05, 0.1) is 12.1 Å². The smallest absolute Gasteiger partial charge is 0.252 e. The lowest BCUT2D eigenvalue weighted by molar-refractivity contribution is -0.146. The third-order valence-electron chi connectivity index (χ3n) is 4.69. The van der Waals surface area contributed by atoms with Crippen molar-refractivity contribution >= 4 is 18.3 Å². The third-order valence-corrected chi connectivity index (χ3v) is 4.69. The molecule has 2 heterocycles. The van der Waals surface area contributed by atoms with Gasteiger partial charge < -0.3 is 15.4 Å². The summed E-state index contributed by atoms with van der Waals surface area (Å²) in [6.07, 6.45) is 4.25. The number of carbonyl (C=O) groups excluding carboxylic acids is 1. The van der Waals surface area contributed by atoms with Gasteiger partial charge in [0, 0.05) is 13.1 Å². The first-order chi connectivity index (χ1) is 10.7. The van der Waals surface area contributed by atoms with E-state index >= 15 is 0 Å². The molecule has 1 aromatic rings. The average Bonchev–Trinajstić information content (AvgIpc) is 3.04. The monoisotopic (exact) mass is 342 g/mol. The predicted molar refractivity (Wildman–Crippen MR) is 88.9 cm³/mol. The highest BCUT2D eigenvalue weighted by Crippen LogP contribution is 2.33. The van der Waals surface area contributed by atoms with Crippen molar-refractivity contribution in [2.45, 2.75) is 50.4 Å². The first-order valence-electron chi connectivity index (χ1n) is 8.10. The zero-order valence-electron chi connectivity index (χ0n) is 13.1. The van der Waals surface area contributed by atoms with E-state index in [1.807, 2.05) is 4.90 Å². The van der Waals surface area contributed by atoms with E-state index in [1.165, 1.54) is 12.1 Å². The van der Waals surface area contributed by atoms with Crippen molar-refractivity contribution in [1.29, 1.82) is 0 Å². The average molecular weight is 343 g/mol. The number of ether oxygens (including phenoxy) is 1. The molecule has 0 aromatic heterocycles. The lowest BCUT2D eigenvalue weighted by Gasteiger charge is -2.37. The Hall–Kier alpha value is -1.17. The maximum absolute atomic E-state index is 13.1. The van der Waals surface area contributed by atoms with Crippen molar-refractivity contribution in [3.63, 3.8) is 0 Å². The van der Waals surface area contributed by atoms with Crippen LogP contribution in [-0.4, -0.2) is 36.1 Å². The van der Waals surface area contributed by atoms with Crippen LogP contribution in [0.4, 0.5) is 4.39 Å². The minimum atomic E-state index is -0.366. The zero-order chi connectivity index (χ0) is 15.5. The Labute approximate surface area is 142 Å². The Morgan fingerprint density at radius 1 is 1.22 bits per heavy atom. The number of benzene rings is 1. The van der Waals surface area contributed by atoms with E-state index in [4.69, 9.17) is 10.5 Å². The number of carbonyl (C=O) groups is 1. The van der Waals surface area contributed by atoms with E-state index in [-0.39, 0.29) is 42.4 Å². The van der Waals surface area contributed by atoms with Gasteiger partial charge in [-0.2, -0.15) is 0 Å². The SMILES string of the molecule is Cl.NC[C@H]1CC[C@@H](C(=O)N2CCCCC2c2ccc(F)cc2)O1. The third kappa shape index (κ3) is 4.03. The molecule has 2 aliphatic rings. The standard InChI is InChI=1S/C17H23FN2O2.ClH/c18-13-6-4-12(5-7-13)15-3-1-2-10-20(15)17(21)16-9-8-14(11-19)22-16;/h4-7,14-16H,1-3,8-11,19H2;1H/t14-,15?,16+;/m1./s1. The number of hydrogen-bond donors (Lipinski definition) is 1. The summed E-state index contributed by atoms with van der Waals surface area (Å²) in [5, 5.41) is 0. The molecule has 4 nitrogen and oxygen atoms in total. The van der Waals surface area contributed by atoms with Gasteiger partial charge in [-0.25, -0.2) is 4.39 Å². The minimum absolute atomic E-state index is 0. The fourth-order valence-corrected chi connectivity index (χ4v) is 3.47. The molecular formula is C17H24ClFN2O2. The van der Waals surface area contributed by atoms with Crippen LogP contribution in [-0.2, 0) is 9.53 Å². The molecule has 0 saturated carbocycles. The van der Waals surface area contributed by atoms with Crippen LogP contribution in [0.2, 0.25) is 0 Å². The molecule has 0 spiro atoms. The molecule has 2 saturated heterocycles. The van der Waals surface area contributed by atoms with Crippen molar-refractivity contribution in [2.75, 3.05) is 13.1 Å². The number of hydrogen-bond acceptors (Lipinski definition) is 3. The molecule has 0 bridgehead atoms. The van der Waals surface area contributed by atoms with Crippen LogP contribution < -0.4 is 5.73 Å². The highest BCUT2D eigenvalue weighted by molar-refractivity contribution is 5.85. The number of nitrogens with zero attached hydrogens (tertiary/aromatic N) is 1. The number of nitrogens with two attached hydrogens (primary N) is 1. The number of piperidine rings is 1. The van der Waals surface area contributed by atoms with Crippen LogP contribution in [0.3, 0.4) is 0 Å². The molecule has 0 aliphatic carbocycles. The molecule has 0 radical (unpaired) electrons. The van der Waals surface area contributed by atoms with E-state index in [1.54, 1.807) is 12.1 Å². The molecule has 2 aliphatic heterocycles. The lowest BCUT2D eigenvalue weighted by Crippen LogP contribution is -2.44.